The number of esters is 1. The van der Waals surface area contributed by atoms with Crippen LogP contribution >= 0.6 is 11.6 Å². The number of nitrogens with zero attached hydrogens (tertiary/aromatic N) is 1. The Kier molecular flexibility index (Phi) is 8.86. The highest BCUT2D eigenvalue weighted by molar-refractivity contribution is 6.35. The van der Waals surface area contributed by atoms with Crippen molar-refractivity contribution in [3.63, 3.8) is 0 Å². The van der Waals surface area contributed by atoms with Crippen LogP contribution in [0.2, 0.25) is 5.02 Å². The summed E-state index contributed by atoms with van der Waals surface area (Å²) in [5.74, 6) is -0.768. The van der Waals surface area contributed by atoms with Gasteiger partial charge in [-0.3, -0.25) is 19.2 Å². The molecule has 10 heteroatoms. The summed E-state index contributed by atoms with van der Waals surface area (Å²) in [6.07, 6.45) is 1.19. The van der Waals surface area contributed by atoms with E-state index in [4.69, 9.17) is 21.1 Å². The van der Waals surface area contributed by atoms with Gasteiger partial charge in [0.1, 0.15) is 24.1 Å². The highest BCUT2D eigenvalue weighted by atomic mass is 35.5. The molecule has 1 saturated heterocycles. The summed E-state index contributed by atoms with van der Waals surface area (Å²) in [5.41, 5.74) is 0.170. The Bertz CT molecular complexity index is 1050. The van der Waals surface area contributed by atoms with Crippen molar-refractivity contribution >= 4 is 35.3 Å². The van der Waals surface area contributed by atoms with Crippen LogP contribution in [0, 0.1) is 0 Å². The summed E-state index contributed by atoms with van der Waals surface area (Å²) in [6, 6.07) is 13.2. The quantitative estimate of drug-likeness (QED) is 0.415. The van der Waals surface area contributed by atoms with Gasteiger partial charge in [0.25, 0.3) is 5.91 Å². The van der Waals surface area contributed by atoms with Crippen molar-refractivity contribution in [2.24, 2.45) is 0 Å². The van der Waals surface area contributed by atoms with Gasteiger partial charge in [-0.1, -0.05) is 35.9 Å². The lowest BCUT2D eigenvalue weighted by Crippen LogP contribution is -2.49. The normalized spacial score (nSPS) is 14.9. The van der Waals surface area contributed by atoms with E-state index in [2.05, 4.69) is 10.6 Å². The number of nitrogens with one attached hydrogen (secondary N) is 2. The Morgan fingerprint density at radius 3 is 2.56 bits per heavy atom. The topological polar surface area (TPSA) is 114 Å². The van der Waals surface area contributed by atoms with Crippen LogP contribution < -0.4 is 15.4 Å². The lowest BCUT2D eigenvalue weighted by molar-refractivity contribution is -0.141. The van der Waals surface area contributed by atoms with Gasteiger partial charge in [-0.2, -0.15) is 0 Å². The minimum Gasteiger partial charge on any atom is -0.464 e. The molecule has 34 heavy (non-hydrogen) atoms. The Morgan fingerprint density at radius 1 is 1.06 bits per heavy atom. The number of hydrogen-bond acceptors (Lipinski definition) is 6. The molecule has 2 N–H and O–H groups in total. The van der Waals surface area contributed by atoms with Crippen molar-refractivity contribution in [2.75, 3.05) is 26.2 Å². The second-order valence-corrected chi connectivity index (χ2v) is 7.97. The lowest BCUT2D eigenvalue weighted by Gasteiger charge is -2.24. The fraction of sp³-hybridized carbons (Fsp3) is 0.333. The van der Waals surface area contributed by atoms with E-state index in [9.17, 15) is 19.2 Å². The van der Waals surface area contributed by atoms with Gasteiger partial charge >= 0.3 is 5.97 Å². The van der Waals surface area contributed by atoms with Gasteiger partial charge in [-0.05, 0) is 37.1 Å². The van der Waals surface area contributed by atoms with Crippen LogP contribution in [0.1, 0.15) is 30.1 Å². The Hall–Kier alpha value is -3.59. The molecule has 1 unspecified atom stereocenters. The zero-order valence-corrected chi connectivity index (χ0v) is 19.5. The van der Waals surface area contributed by atoms with Crippen LogP contribution in [0.5, 0.6) is 11.5 Å². The molecule has 0 radical (unpaired) electrons. The zero-order chi connectivity index (χ0) is 24.5. The standard InChI is InChI=1S/C24H26ClN3O6/c1-16(29)33-14-12-26-24(32)19-10-6-13-28(19)21(30)15-27-23(31)18-9-5-11-20(22(18)25)34-17-7-3-2-4-8-17/h2-5,7-9,11,19H,6,10,12-15H2,1H3,(H,26,32)(H,27,31). The first-order valence-electron chi connectivity index (χ1n) is 10.9. The molecule has 180 valence electrons. The predicted octanol–water partition coefficient (Wildman–Crippen LogP) is 2.53. The number of carbonyl (C=O) groups excluding carboxylic acids is 4. The zero-order valence-electron chi connectivity index (χ0n) is 18.7. The van der Waals surface area contributed by atoms with Crippen LogP contribution in [0.25, 0.3) is 0 Å². The van der Waals surface area contributed by atoms with E-state index < -0.39 is 17.9 Å². The molecule has 0 spiro atoms. The molecule has 9 nitrogen and oxygen atoms in total. The van der Waals surface area contributed by atoms with Gasteiger partial charge < -0.3 is 25.0 Å². The van der Waals surface area contributed by atoms with E-state index in [1.165, 1.54) is 17.9 Å². The van der Waals surface area contributed by atoms with Gasteiger partial charge in [0.2, 0.25) is 11.8 Å². The number of ether oxygens (including phenoxy) is 2. The number of para-hydroxylation sites is 1. The van der Waals surface area contributed by atoms with Gasteiger partial charge in [0.15, 0.2) is 0 Å². The molecular formula is C24H26ClN3O6. The largest absolute Gasteiger partial charge is 0.464 e. The maximum absolute atomic E-state index is 12.7. The SMILES string of the molecule is CC(=O)OCCNC(=O)C1CCCN1C(=O)CNC(=O)c1cccc(Oc2ccccc2)c1Cl. The van der Waals surface area contributed by atoms with Gasteiger partial charge in [-0.25, -0.2) is 0 Å². The van der Waals surface area contributed by atoms with Gasteiger partial charge in [0.05, 0.1) is 23.7 Å². The molecule has 1 aliphatic rings. The number of hydrogen-bond donors (Lipinski definition) is 2. The number of rotatable bonds is 9. The van der Waals surface area contributed by atoms with E-state index in [1.54, 1.807) is 24.3 Å². The fourth-order valence-electron chi connectivity index (χ4n) is 3.56. The van der Waals surface area contributed by atoms with Crippen molar-refractivity contribution in [3.05, 3.63) is 59.1 Å². The molecule has 0 aliphatic carbocycles. The summed E-state index contributed by atoms with van der Waals surface area (Å²) >= 11 is 6.38. The minimum atomic E-state index is -0.632. The van der Waals surface area contributed by atoms with Crippen LogP contribution in [-0.4, -0.2) is 60.9 Å². The Balaban J connectivity index is 1.55. The van der Waals surface area contributed by atoms with Crippen LogP contribution in [0.4, 0.5) is 0 Å². The molecule has 1 atom stereocenters. The number of amides is 3. The summed E-state index contributed by atoms with van der Waals surface area (Å²) in [7, 11) is 0. The van der Waals surface area contributed by atoms with Crippen molar-refractivity contribution < 1.29 is 28.7 Å². The average molecular weight is 488 g/mol. The second kappa shape index (κ2) is 12.0. The third-order valence-corrected chi connectivity index (χ3v) is 5.55. The van der Waals surface area contributed by atoms with Gasteiger partial charge in [-0.15, -0.1) is 0 Å². The van der Waals surface area contributed by atoms with E-state index in [0.717, 1.165) is 0 Å². The smallest absolute Gasteiger partial charge is 0.302 e. The summed E-state index contributed by atoms with van der Waals surface area (Å²) in [5, 5.41) is 5.36. The number of carbonyl (C=O) groups is 4. The molecule has 2 aromatic rings. The molecule has 3 amide bonds. The first-order valence-corrected chi connectivity index (χ1v) is 11.2. The molecule has 1 fully saturated rings. The third kappa shape index (κ3) is 6.71. The fourth-order valence-corrected chi connectivity index (χ4v) is 3.81. The van der Waals surface area contributed by atoms with Gasteiger partial charge in [0, 0.05) is 13.5 Å². The average Bonchev–Trinajstić information content (AvgIpc) is 3.32. The highest BCUT2D eigenvalue weighted by Gasteiger charge is 2.34. The summed E-state index contributed by atoms with van der Waals surface area (Å²) < 4.78 is 10.5. The number of halogens is 1. The molecule has 2 aromatic carbocycles. The van der Waals surface area contributed by atoms with Crippen molar-refractivity contribution in [2.45, 2.75) is 25.8 Å². The molecule has 0 saturated carbocycles. The maximum Gasteiger partial charge on any atom is 0.302 e. The van der Waals surface area contributed by atoms with E-state index in [1.807, 2.05) is 18.2 Å². The molecular weight excluding hydrogens is 462 g/mol. The van der Waals surface area contributed by atoms with Crippen LogP contribution in [0.3, 0.4) is 0 Å². The van der Waals surface area contributed by atoms with E-state index >= 15 is 0 Å². The molecule has 0 aromatic heterocycles. The van der Waals surface area contributed by atoms with E-state index in [-0.39, 0.29) is 42.1 Å². The highest BCUT2D eigenvalue weighted by Crippen LogP contribution is 2.32. The Morgan fingerprint density at radius 2 is 1.82 bits per heavy atom. The van der Waals surface area contributed by atoms with Crippen LogP contribution in [0.15, 0.2) is 48.5 Å². The summed E-state index contributed by atoms with van der Waals surface area (Å²) in [4.78, 5) is 50.1. The number of likely N-dealkylation sites (tertiary alicyclic amines) is 1. The number of benzene rings is 2. The first kappa shape index (κ1) is 25.0. The third-order valence-electron chi connectivity index (χ3n) is 5.16. The first-order chi connectivity index (χ1) is 16.4. The predicted molar refractivity (Wildman–Crippen MR) is 125 cm³/mol. The Labute approximate surface area is 202 Å². The second-order valence-electron chi connectivity index (χ2n) is 7.59. The van der Waals surface area contributed by atoms with Crippen molar-refractivity contribution in [1.29, 1.82) is 0 Å². The summed E-state index contributed by atoms with van der Waals surface area (Å²) in [6.45, 7) is 1.64. The van der Waals surface area contributed by atoms with E-state index in [0.29, 0.717) is 30.9 Å². The monoisotopic (exact) mass is 487 g/mol. The molecule has 1 aliphatic heterocycles. The molecule has 1 heterocycles. The minimum absolute atomic E-state index is 0.0611. The maximum atomic E-state index is 12.7. The molecule has 3 rings (SSSR count). The lowest BCUT2D eigenvalue weighted by atomic mass is 10.2. The van der Waals surface area contributed by atoms with Crippen LogP contribution in [-0.2, 0) is 19.1 Å². The molecule has 0 bridgehead atoms. The van der Waals surface area contributed by atoms with Crippen molar-refractivity contribution in [3.8, 4) is 11.5 Å². The van der Waals surface area contributed by atoms with Crippen molar-refractivity contribution in [1.82, 2.24) is 15.5 Å².